The highest BCUT2D eigenvalue weighted by molar-refractivity contribution is 5.75. The fourth-order valence-corrected chi connectivity index (χ4v) is 2.79. The van der Waals surface area contributed by atoms with Gasteiger partial charge in [0.25, 0.3) is 0 Å². The van der Waals surface area contributed by atoms with Gasteiger partial charge in [0, 0.05) is 30.4 Å². The van der Waals surface area contributed by atoms with Crippen LogP contribution in [0.15, 0.2) is 36.7 Å². The standard InChI is InChI=1S/C18H24N4O2/c1-13(15-10-19-21(2)11-15)20-18(23)22(16-8-9-16)12-14-6-4-5-7-17(14)24-3/h4-7,10-11,13,16H,8-9,12H2,1-3H3,(H,20,23)/t13-/m1/s1. The minimum atomic E-state index is -0.0786. The summed E-state index contributed by atoms with van der Waals surface area (Å²) in [6.07, 6.45) is 5.83. The Bertz CT molecular complexity index is 709. The lowest BCUT2D eigenvalue weighted by molar-refractivity contribution is 0.188. The van der Waals surface area contributed by atoms with Gasteiger partial charge in [0.05, 0.1) is 25.9 Å². The van der Waals surface area contributed by atoms with Crippen molar-refractivity contribution in [3.05, 3.63) is 47.8 Å². The van der Waals surface area contributed by atoms with Crippen LogP contribution in [0.25, 0.3) is 0 Å². The van der Waals surface area contributed by atoms with Crippen molar-refractivity contribution in [3.8, 4) is 5.75 Å². The number of para-hydroxylation sites is 1. The van der Waals surface area contributed by atoms with Gasteiger partial charge in [-0.2, -0.15) is 5.10 Å². The first-order valence-electron chi connectivity index (χ1n) is 8.26. The third-order valence-corrected chi connectivity index (χ3v) is 4.35. The number of amides is 2. The molecule has 2 aromatic rings. The molecule has 1 aromatic carbocycles. The average molecular weight is 328 g/mol. The van der Waals surface area contributed by atoms with Gasteiger partial charge in [-0.3, -0.25) is 4.68 Å². The normalized spacial score (nSPS) is 15.0. The zero-order valence-corrected chi connectivity index (χ0v) is 14.4. The first kappa shape index (κ1) is 16.4. The molecule has 0 radical (unpaired) electrons. The molecule has 0 unspecified atom stereocenters. The zero-order chi connectivity index (χ0) is 17.1. The van der Waals surface area contributed by atoms with Gasteiger partial charge in [-0.15, -0.1) is 0 Å². The van der Waals surface area contributed by atoms with Gasteiger partial charge < -0.3 is 15.0 Å². The van der Waals surface area contributed by atoms with Crippen LogP contribution in [-0.4, -0.2) is 33.9 Å². The number of carbonyl (C=O) groups excluding carboxylic acids is 1. The van der Waals surface area contributed by atoms with E-state index < -0.39 is 0 Å². The van der Waals surface area contributed by atoms with Gasteiger partial charge in [-0.25, -0.2) is 4.79 Å². The van der Waals surface area contributed by atoms with Crippen molar-refractivity contribution in [2.24, 2.45) is 7.05 Å². The van der Waals surface area contributed by atoms with Crippen molar-refractivity contribution >= 4 is 6.03 Å². The van der Waals surface area contributed by atoms with E-state index in [1.165, 1.54) is 0 Å². The van der Waals surface area contributed by atoms with Gasteiger partial charge in [0.2, 0.25) is 0 Å². The first-order valence-corrected chi connectivity index (χ1v) is 8.26. The Kier molecular flexibility index (Phi) is 4.74. The number of hydrogen-bond donors (Lipinski definition) is 1. The van der Waals surface area contributed by atoms with Crippen molar-refractivity contribution in [1.82, 2.24) is 20.0 Å². The molecule has 6 heteroatoms. The number of benzene rings is 1. The molecule has 0 spiro atoms. The molecule has 1 saturated carbocycles. The molecular weight excluding hydrogens is 304 g/mol. The summed E-state index contributed by atoms with van der Waals surface area (Å²) in [7, 11) is 3.53. The van der Waals surface area contributed by atoms with Crippen LogP contribution in [0.1, 0.15) is 36.9 Å². The zero-order valence-electron chi connectivity index (χ0n) is 14.4. The molecule has 1 heterocycles. The largest absolute Gasteiger partial charge is 0.496 e. The van der Waals surface area contributed by atoms with Gasteiger partial charge in [0.1, 0.15) is 5.75 Å². The van der Waals surface area contributed by atoms with E-state index in [0.717, 1.165) is 29.7 Å². The second-order valence-electron chi connectivity index (χ2n) is 6.29. The van der Waals surface area contributed by atoms with Crippen LogP contribution in [0.2, 0.25) is 0 Å². The van der Waals surface area contributed by atoms with Crippen LogP contribution in [0.3, 0.4) is 0 Å². The molecular formula is C18H24N4O2. The molecule has 1 N–H and O–H groups in total. The maximum absolute atomic E-state index is 12.8. The number of rotatable bonds is 6. The molecule has 1 fully saturated rings. The highest BCUT2D eigenvalue weighted by Crippen LogP contribution is 2.30. The Labute approximate surface area is 142 Å². The van der Waals surface area contributed by atoms with Crippen molar-refractivity contribution in [1.29, 1.82) is 0 Å². The summed E-state index contributed by atoms with van der Waals surface area (Å²) >= 11 is 0. The van der Waals surface area contributed by atoms with Crippen LogP contribution in [-0.2, 0) is 13.6 Å². The molecule has 0 bridgehead atoms. The summed E-state index contributed by atoms with van der Waals surface area (Å²) in [6.45, 7) is 2.53. The quantitative estimate of drug-likeness (QED) is 0.887. The van der Waals surface area contributed by atoms with E-state index in [1.807, 2.05) is 49.3 Å². The Morgan fingerprint density at radius 1 is 1.46 bits per heavy atom. The van der Waals surface area contributed by atoms with Gasteiger partial charge in [-0.05, 0) is 25.8 Å². The molecule has 1 aliphatic carbocycles. The molecule has 128 valence electrons. The summed E-state index contributed by atoms with van der Waals surface area (Å²) in [5, 5.41) is 7.24. The Morgan fingerprint density at radius 3 is 2.83 bits per heavy atom. The van der Waals surface area contributed by atoms with Crippen LogP contribution in [0.4, 0.5) is 4.79 Å². The highest BCUT2D eigenvalue weighted by Gasteiger charge is 2.33. The lowest BCUT2D eigenvalue weighted by atomic mass is 10.2. The van der Waals surface area contributed by atoms with E-state index >= 15 is 0 Å². The van der Waals surface area contributed by atoms with E-state index in [2.05, 4.69) is 10.4 Å². The number of hydrogen-bond acceptors (Lipinski definition) is 3. The summed E-state index contributed by atoms with van der Waals surface area (Å²) in [6, 6.07) is 8.04. The maximum atomic E-state index is 12.8. The number of urea groups is 1. The third-order valence-electron chi connectivity index (χ3n) is 4.35. The molecule has 1 aliphatic rings. The molecule has 3 rings (SSSR count). The Hall–Kier alpha value is -2.50. The Morgan fingerprint density at radius 2 is 2.21 bits per heavy atom. The van der Waals surface area contributed by atoms with Crippen LogP contribution >= 0.6 is 0 Å². The molecule has 0 saturated heterocycles. The molecule has 1 aromatic heterocycles. The van der Waals surface area contributed by atoms with E-state index in [0.29, 0.717) is 12.6 Å². The predicted octanol–water partition coefficient (Wildman–Crippen LogP) is 2.86. The molecule has 1 atom stereocenters. The van der Waals surface area contributed by atoms with E-state index in [-0.39, 0.29) is 12.1 Å². The first-order chi connectivity index (χ1) is 11.6. The van der Waals surface area contributed by atoms with Crippen LogP contribution in [0, 0.1) is 0 Å². The lowest BCUT2D eigenvalue weighted by Crippen LogP contribution is -2.42. The molecule has 2 amide bonds. The van der Waals surface area contributed by atoms with Crippen molar-refractivity contribution in [2.45, 2.75) is 38.4 Å². The van der Waals surface area contributed by atoms with E-state index in [9.17, 15) is 4.79 Å². The van der Waals surface area contributed by atoms with E-state index in [4.69, 9.17) is 4.74 Å². The second-order valence-corrected chi connectivity index (χ2v) is 6.29. The molecule has 24 heavy (non-hydrogen) atoms. The van der Waals surface area contributed by atoms with Crippen molar-refractivity contribution in [2.75, 3.05) is 7.11 Å². The highest BCUT2D eigenvalue weighted by atomic mass is 16.5. The topological polar surface area (TPSA) is 59.4 Å². The summed E-state index contributed by atoms with van der Waals surface area (Å²) in [4.78, 5) is 14.7. The molecule has 0 aliphatic heterocycles. The molecule has 6 nitrogen and oxygen atoms in total. The number of aromatic nitrogens is 2. The monoisotopic (exact) mass is 328 g/mol. The van der Waals surface area contributed by atoms with Crippen molar-refractivity contribution < 1.29 is 9.53 Å². The number of methoxy groups -OCH3 is 1. The summed E-state index contributed by atoms with van der Waals surface area (Å²) in [5.41, 5.74) is 2.02. The van der Waals surface area contributed by atoms with Crippen LogP contribution in [0.5, 0.6) is 5.75 Å². The number of carbonyl (C=O) groups is 1. The fourth-order valence-electron chi connectivity index (χ4n) is 2.79. The Balaban J connectivity index is 1.70. The number of nitrogens with zero attached hydrogens (tertiary/aromatic N) is 3. The number of nitrogens with one attached hydrogen (secondary N) is 1. The fraction of sp³-hybridized carbons (Fsp3) is 0.444. The van der Waals surface area contributed by atoms with Crippen LogP contribution < -0.4 is 10.1 Å². The van der Waals surface area contributed by atoms with Crippen molar-refractivity contribution in [3.63, 3.8) is 0 Å². The smallest absolute Gasteiger partial charge is 0.318 e. The van der Waals surface area contributed by atoms with E-state index in [1.54, 1.807) is 18.0 Å². The van der Waals surface area contributed by atoms with Gasteiger partial charge in [-0.1, -0.05) is 18.2 Å². The van der Waals surface area contributed by atoms with Gasteiger partial charge >= 0.3 is 6.03 Å². The number of ether oxygens (including phenoxy) is 1. The lowest BCUT2D eigenvalue weighted by Gasteiger charge is -2.25. The van der Waals surface area contributed by atoms with Gasteiger partial charge in [0.15, 0.2) is 0 Å². The minimum absolute atomic E-state index is 0.0419. The average Bonchev–Trinajstić information content (AvgIpc) is 3.32. The third kappa shape index (κ3) is 3.69. The number of aryl methyl sites for hydroxylation is 1. The minimum Gasteiger partial charge on any atom is -0.496 e. The maximum Gasteiger partial charge on any atom is 0.318 e. The predicted molar refractivity (Wildman–Crippen MR) is 91.7 cm³/mol. The summed E-state index contributed by atoms with van der Waals surface area (Å²) in [5.74, 6) is 0.816. The SMILES string of the molecule is COc1ccccc1CN(C(=O)N[C@H](C)c1cnn(C)c1)C1CC1. The summed E-state index contributed by atoms with van der Waals surface area (Å²) < 4.78 is 7.15. The second kappa shape index (κ2) is 6.95.